The van der Waals surface area contributed by atoms with Gasteiger partial charge in [0, 0.05) is 25.2 Å². The molecule has 0 aromatic heterocycles. The van der Waals surface area contributed by atoms with Gasteiger partial charge in [-0.15, -0.1) is 0 Å². The standard InChI is InChI=1S/C21H27N3O4S/c1-4-24(5-2)29(27,28)19-13-9-12-18(14-19)21(26)23-16(3)20(25)22-15-17-10-7-6-8-11-17/h6-14,16H,4-5,15H2,1-3H3,(H,22,25)(H,23,26). The molecular formula is C21H27N3O4S. The third-order valence-corrected chi connectivity index (χ3v) is 6.54. The van der Waals surface area contributed by atoms with Gasteiger partial charge in [-0.25, -0.2) is 8.42 Å². The lowest BCUT2D eigenvalue weighted by Crippen LogP contribution is -2.44. The molecule has 7 nitrogen and oxygen atoms in total. The zero-order chi connectivity index (χ0) is 21.4. The molecule has 2 aromatic carbocycles. The third-order valence-electron chi connectivity index (χ3n) is 4.49. The number of nitrogens with zero attached hydrogens (tertiary/aromatic N) is 1. The van der Waals surface area contributed by atoms with Gasteiger partial charge in [-0.1, -0.05) is 50.2 Å². The van der Waals surface area contributed by atoms with E-state index in [1.807, 2.05) is 30.3 Å². The van der Waals surface area contributed by atoms with Crippen molar-refractivity contribution in [3.63, 3.8) is 0 Å². The monoisotopic (exact) mass is 417 g/mol. The van der Waals surface area contributed by atoms with Gasteiger partial charge in [0.05, 0.1) is 4.90 Å². The molecule has 29 heavy (non-hydrogen) atoms. The SMILES string of the molecule is CCN(CC)S(=O)(=O)c1cccc(C(=O)NC(C)C(=O)NCc2ccccc2)c1. The van der Waals surface area contributed by atoms with Crippen LogP contribution in [-0.4, -0.2) is 43.7 Å². The summed E-state index contributed by atoms with van der Waals surface area (Å²) >= 11 is 0. The number of amides is 2. The van der Waals surface area contributed by atoms with Gasteiger partial charge in [0.25, 0.3) is 5.91 Å². The van der Waals surface area contributed by atoms with Gasteiger partial charge >= 0.3 is 0 Å². The Morgan fingerprint density at radius 1 is 1.00 bits per heavy atom. The average Bonchev–Trinajstić information content (AvgIpc) is 2.73. The molecule has 0 spiro atoms. The zero-order valence-corrected chi connectivity index (χ0v) is 17.7. The lowest BCUT2D eigenvalue weighted by Gasteiger charge is -2.19. The zero-order valence-electron chi connectivity index (χ0n) is 16.9. The molecule has 8 heteroatoms. The summed E-state index contributed by atoms with van der Waals surface area (Å²) in [7, 11) is -3.67. The van der Waals surface area contributed by atoms with Gasteiger partial charge in [0.1, 0.15) is 6.04 Å². The van der Waals surface area contributed by atoms with E-state index in [0.717, 1.165) is 5.56 Å². The molecular weight excluding hydrogens is 390 g/mol. The minimum atomic E-state index is -3.67. The first kappa shape index (κ1) is 22.6. The molecule has 2 N–H and O–H groups in total. The Balaban J connectivity index is 2.04. The Kier molecular flexibility index (Phi) is 7.92. The third kappa shape index (κ3) is 5.88. The Morgan fingerprint density at radius 3 is 2.28 bits per heavy atom. The van der Waals surface area contributed by atoms with Gasteiger partial charge in [-0.3, -0.25) is 9.59 Å². The molecule has 1 atom stereocenters. The van der Waals surface area contributed by atoms with Crippen LogP contribution in [0.1, 0.15) is 36.7 Å². The summed E-state index contributed by atoms with van der Waals surface area (Å²) in [4.78, 5) is 24.8. The van der Waals surface area contributed by atoms with Crippen LogP contribution < -0.4 is 10.6 Å². The van der Waals surface area contributed by atoms with Crippen LogP contribution in [0, 0.1) is 0 Å². The highest BCUT2D eigenvalue weighted by Gasteiger charge is 2.23. The van der Waals surface area contributed by atoms with Gasteiger partial charge in [0.15, 0.2) is 0 Å². The molecule has 0 saturated carbocycles. The summed E-state index contributed by atoms with van der Waals surface area (Å²) in [6, 6.07) is 14.5. The first-order valence-electron chi connectivity index (χ1n) is 9.52. The van der Waals surface area contributed by atoms with Crippen molar-refractivity contribution in [2.75, 3.05) is 13.1 Å². The Bertz CT molecular complexity index is 941. The van der Waals surface area contributed by atoms with Crippen LogP contribution in [0.25, 0.3) is 0 Å². The predicted molar refractivity (Wildman–Crippen MR) is 112 cm³/mol. The number of carbonyl (C=O) groups excluding carboxylic acids is 2. The summed E-state index contributed by atoms with van der Waals surface area (Å²) < 4.78 is 26.6. The Labute approximate surface area is 172 Å². The minimum absolute atomic E-state index is 0.0510. The fourth-order valence-electron chi connectivity index (χ4n) is 2.79. The molecule has 0 fully saturated rings. The molecule has 2 aromatic rings. The second kappa shape index (κ2) is 10.2. The van der Waals surface area contributed by atoms with Gasteiger partial charge in [0.2, 0.25) is 15.9 Å². The van der Waals surface area contributed by atoms with Crippen LogP contribution >= 0.6 is 0 Å². The smallest absolute Gasteiger partial charge is 0.251 e. The van der Waals surface area contributed by atoms with Crippen LogP contribution in [-0.2, 0) is 21.4 Å². The second-order valence-corrected chi connectivity index (χ2v) is 8.45. The minimum Gasteiger partial charge on any atom is -0.350 e. The Morgan fingerprint density at radius 2 is 1.66 bits per heavy atom. The molecule has 2 amide bonds. The van der Waals surface area contributed by atoms with E-state index in [4.69, 9.17) is 0 Å². The van der Waals surface area contributed by atoms with E-state index in [9.17, 15) is 18.0 Å². The highest BCUT2D eigenvalue weighted by molar-refractivity contribution is 7.89. The van der Waals surface area contributed by atoms with Crippen LogP contribution in [0.15, 0.2) is 59.5 Å². The number of rotatable bonds is 9. The molecule has 156 valence electrons. The van der Waals surface area contributed by atoms with E-state index < -0.39 is 22.0 Å². The summed E-state index contributed by atoms with van der Waals surface area (Å²) in [5.41, 5.74) is 1.13. The number of benzene rings is 2. The molecule has 0 aliphatic heterocycles. The van der Waals surface area contributed by atoms with Crippen molar-refractivity contribution in [3.8, 4) is 0 Å². The molecule has 0 aliphatic rings. The van der Waals surface area contributed by atoms with E-state index in [2.05, 4.69) is 10.6 Å². The molecule has 1 unspecified atom stereocenters. The summed E-state index contributed by atoms with van der Waals surface area (Å²) in [5, 5.41) is 5.37. The highest BCUT2D eigenvalue weighted by Crippen LogP contribution is 2.17. The maximum absolute atomic E-state index is 12.6. The normalized spacial score (nSPS) is 12.4. The van der Waals surface area contributed by atoms with Crippen LogP contribution in [0.3, 0.4) is 0 Å². The average molecular weight is 418 g/mol. The Hall–Kier alpha value is -2.71. The summed E-state index contributed by atoms with van der Waals surface area (Å²) in [6.45, 7) is 6.13. The first-order chi connectivity index (χ1) is 13.8. The number of sulfonamides is 1. The lowest BCUT2D eigenvalue weighted by molar-refractivity contribution is -0.122. The number of carbonyl (C=O) groups is 2. The maximum Gasteiger partial charge on any atom is 0.251 e. The number of hydrogen-bond donors (Lipinski definition) is 2. The van der Waals surface area contributed by atoms with Gasteiger partial charge in [-0.05, 0) is 30.7 Å². The molecule has 0 radical (unpaired) electrons. The largest absolute Gasteiger partial charge is 0.350 e. The summed E-state index contributed by atoms with van der Waals surface area (Å²) in [5.74, 6) is -0.835. The number of nitrogens with one attached hydrogen (secondary N) is 2. The molecule has 0 saturated heterocycles. The van der Waals surface area contributed by atoms with Crippen molar-refractivity contribution in [2.24, 2.45) is 0 Å². The van der Waals surface area contributed by atoms with Crippen molar-refractivity contribution in [1.29, 1.82) is 0 Å². The highest BCUT2D eigenvalue weighted by atomic mass is 32.2. The van der Waals surface area contributed by atoms with Crippen molar-refractivity contribution in [3.05, 3.63) is 65.7 Å². The van der Waals surface area contributed by atoms with Crippen molar-refractivity contribution >= 4 is 21.8 Å². The van der Waals surface area contributed by atoms with Gasteiger partial charge < -0.3 is 10.6 Å². The quantitative estimate of drug-likeness (QED) is 0.654. The molecule has 0 heterocycles. The van der Waals surface area contributed by atoms with Crippen LogP contribution in [0.5, 0.6) is 0 Å². The maximum atomic E-state index is 12.6. The van der Waals surface area contributed by atoms with Crippen molar-refractivity contribution < 1.29 is 18.0 Å². The van der Waals surface area contributed by atoms with Crippen LogP contribution in [0.4, 0.5) is 0 Å². The summed E-state index contributed by atoms with van der Waals surface area (Å²) in [6.07, 6.45) is 0. The molecule has 2 rings (SSSR count). The van der Waals surface area contributed by atoms with Crippen LogP contribution in [0.2, 0.25) is 0 Å². The molecule has 0 aliphatic carbocycles. The predicted octanol–water partition coefficient (Wildman–Crippen LogP) is 2.15. The number of hydrogen-bond acceptors (Lipinski definition) is 4. The second-order valence-electron chi connectivity index (χ2n) is 6.52. The fraction of sp³-hybridized carbons (Fsp3) is 0.333. The van der Waals surface area contributed by atoms with Gasteiger partial charge in [-0.2, -0.15) is 4.31 Å². The fourth-order valence-corrected chi connectivity index (χ4v) is 4.30. The van der Waals surface area contributed by atoms with E-state index in [1.54, 1.807) is 20.8 Å². The van der Waals surface area contributed by atoms with E-state index in [-0.39, 0.29) is 16.4 Å². The first-order valence-corrected chi connectivity index (χ1v) is 11.0. The molecule has 0 bridgehead atoms. The lowest BCUT2D eigenvalue weighted by atomic mass is 10.2. The van der Waals surface area contributed by atoms with E-state index in [0.29, 0.717) is 19.6 Å². The van der Waals surface area contributed by atoms with E-state index in [1.165, 1.54) is 28.6 Å². The van der Waals surface area contributed by atoms with Crippen molar-refractivity contribution in [1.82, 2.24) is 14.9 Å². The topological polar surface area (TPSA) is 95.6 Å². The van der Waals surface area contributed by atoms with E-state index >= 15 is 0 Å². The van der Waals surface area contributed by atoms with Crippen molar-refractivity contribution in [2.45, 2.75) is 38.3 Å².